The van der Waals surface area contributed by atoms with E-state index in [0.29, 0.717) is 23.2 Å². The van der Waals surface area contributed by atoms with Gasteiger partial charge in [0.1, 0.15) is 11.9 Å². The summed E-state index contributed by atoms with van der Waals surface area (Å²) in [5, 5.41) is 14.6. The molecule has 0 saturated carbocycles. The molecule has 114 valence electrons. The van der Waals surface area contributed by atoms with Crippen molar-refractivity contribution in [3.8, 4) is 5.75 Å². The molecule has 1 N–H and O–H groups in total. The Morgan fingerprint density at radius 3 is 2.71 bits per heavy atom. The monoisotopic (exact) mass is 300 g/mol. The topological polar surface area (TPSA) is 47.3 Å². The zero-order valence-corrected chi connectivity index (χ0v) is 11.6. The zero-order valence-electron chi connectivity index (χ0n) is 11.6. The second-order valence-corrected chi connectivity index (χ2v) is 4.58. The molecule has 0 fully saturated rings. The predicted octanol–water partition coefficient (Wildman–Crippen LogP) is 2.96. The average Bonchev–Trinajstić information content (AvgIpc) is 2.77. The normalized spacial score (nSPS) is 13.2. The average molecular weight is 300 g/mol. The Kier molecular flexibility index (Phi) is 4.22. The molecular weight excluding hydrogens is 285 g/mol. The fourth-order valence-corrected chi connectivity index (χ4v) is 2.12. The van der Waals surface area contributed by atoms with Gasteiger partial charge in [-0.2, -0.15) is 5.10 Å². The third kappa shape index (κ3) is 3.75. The number of aromatic nitrogens is 2. The number of hydrogen-bond donors (Lipinski definition) is 1. The maximum atomic E-state index is 12.2. The molecule has 1 unspecified atom stereocenters. The van der Waals surface area contributed by atoms with Crippen molar-refractivity contribution in [2.75, 3.05) is 0 Å². The summed E-state index contributed by atoms with van der Waals surface area (Å²) >= 11 is 0. The minimum Gasteiger partial charge on any atom is -0.406 e. The van der Waals surface area contributed by atoms with Crippen LogP contribution in [0.15, 0.2) is 30.5 Å². The molecular formula is C14H15F3N2O2. The number of aryl methyl sites for hydroxylation is 2. The van der Waals surface area contributed by atoms with Crippen LogP contribution in [0.2, 0.25) is 0 Å². The van der Waals surface area contributed by atoms with Crippen LogP contribution in [-0.2, 0) is 13.5 Å². The van der Waals surface area contributed by atoms with E-state index in [4.69, 9.17) is 0 Å². The number of benzene rings is 1. The van der Waals surface area contributed by atoms with Crippen molar-refractivity contribution >= 4 is 0 Å². The molecule has 1 heterocycles. The standard InChI is InChI=1S/C14H15F3N2O2/c1-3-12-11(8-19(2)18-12)13(20)9-5-4-6-10(7-9)21-14(15,16)17/h4-8,13,20H,3H2,1-2H3. The Morgan fingerprint density at radius 2 is 2.10 bits per heavy atom. The van der Waals surface area contributed by atoms with Crippen molar-refractivity contribution in [2.45, 2.75) is 25.8 Å². The smallest absolute Gasteiger partial charge is 0.406 e. The van der Waals surface area contributed by atoms with Gasteiger partial charge in [0.2, 0.25) is 0 Å². The molecule has 0 saturated heterocycles. The predicted molar refractivity (Wildman–Crippen MR) is 69.8 cm³/mol. The van der Waals surface area contributed by atoms with E-state index in [1.54, 1.807) is 24.0 Å². The van der Waals surface area contributed by atoms with Crippen molar-refractivity contribution in [2.24, 2.45) is 7.05 Å². The lowest BCUT2D eigenvalue weighted by Crippen LogP contribution is -2.17. The van der Waals surface area contributed by atoms with Gasteiger partial charge in [-0.05, 0) is 24.1 Å². The molecule has 0 aliphatic carbocycles. The van der Waals surface area contributed by atoms with E-state index < -0.39 is 12.5 Å². The highest BCUT2D eigenvalue weighted by atomic mass is 19.4. The van der Waals surface area contributed by atoms with Crippen LogP contribution in [-0.4, -0.2) is 21.2 Å². The Balaban J connectivity index is 2.30. The van der Waals surface area contributed by atoms with Crippen LogP contribution in [0.1, 0.15) is 29.8 Å². The van der Waals surface area contributed by atoms with E-state index in [1.165, 1.54) is 18.2 Å². The summed E-state index contributed by atoms with van der Waals surface area (Å²) in [7, 11) is 1.72. The van der Waals surface area contributed by atoms with Crippen LogP contribution in [0, 0.1) is 0 Å². The van der Waals surface area contributed by atoms with E-state index >= 15 is 0 Å². The lowest BCUT2D eigenvalue weighted by molar-refractivity contribution is -0.274. The van der Waals surface area contributed by atoms with Gasteiger partial charge >= 0.3 is 6.36 Å². The van der Waals surface area contributed by atoms with Gasteiger partial charge in [0, 0.05) is 18.8 Å². The Morgan fingerprint density at radius 1 is 1.38 bits per heavy atom. The molecule has 2 aromatic rings. The third-order valence-electron chi connectivity index (χ3n) is 2.97. The molecule has 4 nitrogen and oxygen atoms in total. The molecule has 0 amide bonds. The summed E-state index contributed by atoms with van der Waals surface area (Å²) < 4.78 is 42.1. The lowest BCUT2D eigenvalue weighted by Gasteiger charge is -2.13. The first-order chi connectivity index (χ1) is 9.80. The van der Waals surface area contributed by atoms with Gasteiger partial charge in [0.15, 0.2) is 0 Å². The van der Waals surface area contributed by atoms with Crippen molar-refractivity contribution in [1.82, 2.24) is 9.78 Å². The minimum absolute atomic E-state index is 0.319. The lowest BCUT2D eigenvalue weighted by atomic mass is 10.0. The molecule has 1 aromatic heterocycles. The maximum absolute atomic E-state index is 12.2. The highest BCUT2D eigenvalue weighted by molar-refractivity contribution is 5.36. The number of alkyl halides is 3. The summed E-state index contributed by atoms with van der Waals surface area (Å²) in [6.07, 6.45) is -3.54. The van der Waals surface area contributed by atoms with Gasteiger partial charge in [0.25, 0.3) is 0 Å². The number of aliphatic hydroxyl groups is 1. The van der Waals surface area contributed by atoms with E-state index in [1.807, 2.05) is 6.92 Å². The molecule has 1 atom stereocenters. The third-order valence-corrected chi connectivity index (χ3v) is 2.97. The zero-order chi connectivity index (χ0) is 15.6. The second kappa shape index (κ2) is 5.77. The number of nitrogens with zero attached hydrogens (tertiary/aromatic N) is 2. The highest BCUT2D eigenvalue weighted by Gasteiger charge is 2.31. The Hall–Kier alpha value is -2.02. The van der Waals surface area contributed by atoms with Gasteiger partial charge in [-0.15, -0.1) is 13.2 Å². The van der Waals surface area contributed by atoms with E-state index in [9.17, 15) is 18.3 Å². The van der Waals surface area contributed by atoms with Gasteiger partial charge in [-0.3, -0.25) is 4.68 Å². The highest BCUT2D eigenvalue weighted by Crippen LogP contribution is 2.29. The van der Waals surface area contributed by atoms with Gasteiger partial charge in [-0.1, -0.05) is 19.1 Å². The minimum atomic E-state index is -4.76. The van der Waals surface area contributed by atoms with Crippen molar-refractivity contribution in [3.05, 3.63) is 47.3 Å². The van der Waals surface area contributed by atoms with Gasteiger partial charge in [-0.25, -0.2) is 0 Å². The molecule has 0 bridgehead atoms. The molecule has 1 aromatic carbocycles. The molecule has 21 heavy (non-hydrogen) atoms. The van der Waals surface area contributed by atoms with Crippen LogP contribution in [0.3, 0.4) is 0 Å². The SMILES string of the molecule is CCc1nn(C)cc1C(O)c1cccc(OC(F)(F)F)c1. The number of hydrogen-bond acceptors (Lipinski definition) is 3. The number of aliphatic hydroxyl groups excluding tert-OH is 1. The van der Waals surface area contributed by atoms with Crippen molar-refractivity contribution in [3.63, 3.8) is 0 Å². The first-order valence-electron chi connectivity index (χ1n) is 6.36. The largest absolute Gasteiger partial charge is 0.573 e. The molecule has 7 heteroatoms. The van der Waals surface area contributed by atoms with Crippen LogP contribution in [0.25, 0.3) is 0 Å². The number of rotatable bonds is 4. The maximum Gasteiger partial charge on any atom is 0.573 e. The summed E-state index contributed by atoms with van der Waals surface area (Å²) in [5.41, 5.74) is 1.59. The van der Waals surface area contributed by atoms with Crippen LogP contribution < -0.4 is 4.74 Å². The van der Waals surface area contributed by atoms with E-state index in [2.05, 4.69) is 9.84 Å². The van der Waals surface area contributed by atoms with Crippen LogP contribution in [0.4, 0.5) is 13.2 Å². The van der Waals surface area contributed by atoms with Crippen LogP contribution in [0.5, 0.6) is 5.75 Å². The van der Waals surface area contributed by atoms with Gasteiger partial charge in [0.05, 0.1) is 5.69 Å². The first-order valence-corrected chi connectivity index (χ1v) is 6.36. The summed E-state index contributed by atoms with van der Waals surface area (Å²) in [5.74, 6) is -0.360. The Bertz CT molecular complexity index is 623. The summed E-state index contributed by atoms with van der Waals surface area (Å²) in [6, 6.07) is 5.31. The second-order valence-electron chi connectivity index (χ2n) is 4.58. The molecule has 2 rings (SSSR count). The molecule has 0 aliphatic rings. The fraction of sp³-hybridized carbons (Fsp3) is 0.357. The summed E-state index contributed by atoms with van der Waals surface area (Å²) in [6.45, 7) is 1.89. The number of halogens is 3. The van der Waals surface area contributed by atoms with Gasteiger partial charge < -0.3 is 9.84 Å². The quantitative estimate of drug-likeness (QED) is 0.944. The van der Waals surface area contributed by atoms with Crippen LogP contribution >= 0.6 is 0 Å². The fourth-order valence-electron chi connectivity index (χ4n) is 2.12. The molecule has 0 spiro atoms. The number of ether oxygens (including phenoxy) is 1. The van der Waals surface area contributed by atoms with Crippen molar-refractivity contribution < 1.29 is 23.0 Å². The van der Waals surface area contributed by atoms with E-state index in [-0.39, 0.29) is 5.75 Å². The van der Waals surface area contributed by atoms with Crippen molar-refractivity contribution in [1.29, 1.82) is 0 Å². The first kappa shape index (κ1) is 15.4. The summed E-state index contributed by atoms with van der Waals surface area (Å²) in [4.78, 5) is 0. The molecule has 0 aliphatic heterocycles. The molecule has 0 radical (unpaired) electrons. The Labute approximate surface area is 119 Å². The van der Waals surface area contributed by atoms with E-state index in [0.717, 1.165) is 0 Å².